The second-order valence-corrected chi connectivity index (χ2v) is 7.08. The summed E-state index contributed by atoms with van der Waals surface area (Å²) >= 11 is 8.92. The topological polar surface area (TPSA) is 12.0 Å². The molecule has 0 aliphatic heterocycles. The van der Waals surface area contributed by atoms with E-state index in [1.54, 1.807) is 11.3 Å². The zero-order valence-corrected chi connectivity index (χ0v) is 14.3. The van der Waals surface area contributed by atoms with Gasteiger partial charge < -0.3 is 5.32 Å². The lowest BCUT2D eigenvalue weighted by Crippen LogP contribution is -2.22. The first kappa shape index (κ1) is 14.3. The summed E-state index contributed by atoms with van der Waals surface area (Å²) in [6.07, 6.45) is 0. The molecule has 0 saturated carbocycles. The fraction of sp³-hybridized carbons (Fsp3) is 0.286. The summed E-state index contributed by atoms with van der Waals surface area (Å²) in [5, 5.41) is 5.72. The highest BCUT2D eigenvalue weighted by atomic mass is 79.9. The van der Waals surface area contributed by atoms with Gasteiger partial charge in [-0.05, 0) is 54.2 Å². The Morgan fingerprint density at radius 3 is 2.39 bits per heavy atom. The van der Waals surface area contributed by atoms with Crippen LogP contribution in [0.2, 0.25) is 0 Å². The summed E-state index contributed by atoms with van der Waals surface area (Å²) in [5.41, 5.74) is 2.64. The minimum Gasteiger partial charge on any atom is -0.306 e. The molecule has 1 unspecified atom stereocenters. The van der Waals surface area contributed by atoms with Crippen LogP contribution in [-0.2, 0) is 0 Å². The first-order valence-electron chi connectivity index (χ1n) is 5.85. The predicted octanol–water partition coefficient (Wildman–Crippen LogP) is 5.28. The fourth-order valence-electron chi connectivity index (χ4n) is 2.05. The normalized spacial score (nSPS) is 12.7. The molecule has 4 heteroatoms. The molecule has 1 atom stereocenters. The highest BCUT2D eigenvalue weighted by Gasteiger charge is 2.16. The number of benzene rings is 1. The van der Waals surface area contributed by atoms with E-state index in [4.69, 9.17) is 0 Å². The minimum atomic E-state index is 0.259. The smallest absolute Gasteiger partial charge is 0.0588 e. The Morgan fingerprint density at radius 1 is 1.22 bits per heavy atom. The van der Waals surface area contributed by atoms with Crippen molar-refractivity contribution in [1.29, 1.82) is 0 Å². The number of halogens is 2. The lowest BCUT2D eigenvalue weighted by molar-refractivity contribution is 0.629. The highest BCUT2D eigenvalue weighted by molar-refractivity contribution is 9.11. The highest BCUT2D eigenvalue weighted by Crippen LogP contribution is 2.31. The van der Waals surface area contributed by atoms with Crippen LogP contribution in [0.15, 0.2) is 38.6 Å². The average molecular weight is 389 g/mol. The standard InChI is InChI=1S/C14H15Br2NS/c1-3-17-14(13-4-5-18-9(13)2)10-6-11(15)8-12(16)7-10/h4-8,14,17H,3H2,1-2H3. The summed E-state index contributed by atoms with van der Waals surface area (Å²) in [4.78, 5) is 1.37. The first-order chi connectivity index (χ1) is 8.61. The van der Waals surface area contributed by atoms with E-state index in [-0.39, 0.29) is 6.04 Å². The maximum Gasteiger partial charge on any atom is 0.0588 e. The summed E-state index contributed by atoms with van der Waals surface area (Å²) < 4.78 is 2.20. The third-order valence-corrected chi connectivity index (χ3v) is 4.61. The van der Waals surface area contributed by atoms with Crippen LogP contribution in [0.5, 0.6) is 0 Å². The molecule has 2 rings (SSSR count). The molecule has 0 aliphatic rings. The van der Waals surface area contributed by atoms with Crippen molar-refractivity contribution in [2.75, 3.05) is 6.54 Å². The van der Waals surface area contributed by atoms with Crippen LogP contribution in [0, 0.1) is 6.92 Å². The van der Waals surface area contributed by atoms with Gasteiger partial charge in [0.15, 0.2) is 0 Å². The van der Waals surface area contributed by atoms with Crippen molar-refractivity contribution in [2.45, 2.75) is 19.9 Å². The number of rotatable bonds is 4. The van der Waals surface area contributed by atoms with Crippen molar-refractivity contribution in [3.05, 3.63) is 54.6 Å². The lowest BCUT2D eigenvalue weighted by Gasteiger charge is -2.19. The predicted molar refractivity (Wildman–Crippen MR) is 86.4 cm³/mol. The number of thiophene rings is 1. The first-order valence-corrected chi connectivity index (χ1v) is 8.31. The molecule has 2 aromatic rings. The molecule has 1 nitrogen and oxygen atoms in total. The Labute approximate surface area is 129 Å². The Morgan fingerprint density at radius 2 is 1.89 bits per heavy atom. The molecule has 0 aliphatic carbocycles. The lowest BCUT2D eigenvalue weighted by atomic mass is 9.99. The van der Waals surface area contributed by atoms with Crippen molar-refractivity contribution in [2.24, 2.45) is 0 Å². The van der Waals surface area contributed by atoms with E-state index in [0.717, 1.165) is 15.5 Å². The van der Waals surface area contributed by atoms with Crippen LogP contribution in [0.1, 0.15) is 29.0 Å². The van der Waals surface area contributed by atoms with Gasteiger partial charge in [-0.2, -0.15) is 0 Å². The number of nitrogens with one attached hydrogen (secondary N) is 1. The maximum absolute atomic E-state index is 3.56. The van der Waals surface area contributed by atoms with Crippen molar-refractivity contribution < 1.29 is 0 Å². The fourth-order valence-corrected chi connectivity index (χ4v) is 4.12. The molecular formula is C14H15Br2NS. The van der Waals surface area contributed by atoms with Crippen LogP contribution in [0.4, 0.5) is 0 Å². The van der Waals surface area contributed by atoms with Crippen LogP contribution in [0.25, 0.3) is 0 Å². The van der Waals surface area contributed by atoms with Gasteiger partial charge in [-0.3, -0.25) is 0 Å². The van der Waals surface area contributed by atoms with Gasteiger partial charge >= 0.3 is 0 Å². The molecule has 0 fully saturated rings. The molecule has 1 aromatic carbocycles. The third-order valence-electron chi connectivity index (χ3n) is 2.84. The molecule has 0 spiro atoms. The average Bonchev–Trinajstić information content (AvgIpc) is 2.71. The SMILES string of the molecule is CCNC(c1cc(Br)cc(Br)c1)c1ccsc1C. The summed E-state index contributed by atoms with van der Waals surface area (Å²) in [6, 6.07) is 8.88. The Kier molecular flexibility index (Phi) is 5.01. The number of hydrogen-bond donors (Lipinski definition) is 1. The Hall–Kier alpha value is -0.160. The molecular weight excluding hydrogens is 374 g/mol. The van der Waals surface area contributed by atoms with Crippen molar-refractivity contribution in [3.8, 4) is 0 Å². The quantitative estimate of drug-likeness (QED) is 0.751. The second-order valence-electron chi connectivity index (χ2n) is 4.13. The largest absolute Gasteiger partial charge is 0.306 e. The molecule has 18 heavy (non-hydrogen) atoms. The van der Waals surface area contributed by atoms with E-state index >= 15 is 0 Å². The molecule has 0 bridgehead atoms. The van der Waals surface area contributed by atoms with E-state index in [2.05, 4.69) is 80.7 Å². The molecule has 0 saturated heterocycles. The second kappa shape index (κ2) is 6.33. The van der Waals surface area contributed by atoms with Crippen LogP contribution in [-0.4, -0.2) is 6.54 Å². The van der Waals surface area contributed by atoms with Gasteiger partial charge in [-0.15, -0.1) is 11.3 Å². The monoisotopic (exact) mass is 387 g/mol. The Balaban J connectivity index is 2.44. The molecule has 1 N–H and O–H groups in total. The number of hydrogen-bond acceptors (Lipinski definition) is 2. The van der Waals surface area contributed by atoms with Gasteiger partial charge in [-0.1, -0.05) is 38.8 Å². The molecule has 1 aromatic heterocycles. The van der Waals surface area contributed by atoms with Gasteiger partial charge in [0.2, 0.25) is 0 Å². The van der Waals surface area contributed by atoms with E-state index in [1.807, 2.05) is 0 Å². The molecule has 96 valence electrons. The molecule has 1 heterocycles. The van der Waals surface area contributed by atoms with E-state index < -0.39 is 0 Å². The van der Waals surface area contributed by atoms with Crippen LogP contribution >= 0.6 is 43.2 Å². The summed E-state index contributed by atoms with van der Waals surface area (Å²) in [7, 11) is 0. The van der Waals surface area contributed by atoms with Crippen molar-refractivity contribution in [3.63, 3.8) is 0 Å². The third kappa shape index (κ3) is 3.23. The van der Waals surface area contributed by atoms with Crippen LogP contribution in [0.3, 0.4) is 0 Å². The zero-order chi connectivity index (χ0) is 13.1. The van der Waals surface area contributed by atoms with Crippen molar-refractivity contribution >= 4 is 43.2 Å². The van der Waals surface area contributed by atoms with E-state index in [1.165, 1.54) is 16.0 Å². The van der Waals surface area contributed by atoms with Gasteiger partial charge in [0.1, 0.15) is 0 Å². The van der Waals surface area contributed by atoms with Gasteiger partial charge in [-0.25, -0.2) is 0 Å². The molecule has 0 amide bonds. The minimum absolute atomic E-state index is 0.259. The van der Waals surface area contributed by atoms with Gasteiger partial charge in [0.05, 0.1) is 6.04 Å². The maximum atomic E-state index is 3.56. The van der Waals surface area contributed by atoms with Gasteiger partial charge in [0.25, 0.3) is 0 Å². The Bertz CT molecular complexity index is 516. The zero-order valence-electron chi connectivity index (χ0n) is 10.3. The van der Waals surface area contributed by atoms with Crippen molar-refractivity contribution in [1.82, 2.24) is 5.32 Å². The van der Waals surface area contributed by atoms with Crippen LogP contribution < -0.4 is 5.32 Å². The van der Waals surface area contributed by atoms with Gasteiger partial charge in [0, 0.05) is 13.8 Å². The number of aryl methyl sites for hydroxylation is 1. The summed E-state index contributed by atoms with van der Waals surface area (Å²) in [6.45, 7) is 5.27. The molecule has 0 radical (unpaired) electrons. The van der Waals surface area contributed by atoms with E-state index in [0.29, 0.717) is 0 Å². The van der Waals surface area contributed by atoms with E-state index in [9.17, 15) is 0 Å². The summed E-state index contributed by atoms with van der Waals surface area (Å²) in [5.74, 6) is 0.